The van der Waals surface area contributed by atoms with Gasteiger partial charge in [-0.25, -0.2) is 13.6 Å². The van der Waals surface area contributed by atoms with Crippen molar-refractivity contribution in [2.45, 2.75) is 12.6 Å². The van der Waals surface area contributed by atoms with Crippen molar-refractivity contribution in [2.24, 2.45) is 0 Å². The molecule has 88 valence electrons. The molecule has 16 heavy (non-hydrogen) atoms. The summed E-state index contributed by atoms with van der Waals surface area (Å²) in [5.41, 5.74) is -4.00. The van der Waals surface area contributed by atoms with Crippen LogP contribution in [0.4, 0.5) is 22.0 Å². The molecule has 0 aliphatic heterocycles. The van der Waals surface area contributed by atoms with E-state index in [4.69, 9.17) is 5.11 Å². The third-order valence-corrected chi connectivity index (χ3v) is 1.68. The Bertz CT molecular complexity index is 415. The van der Waals surface area contributed by atoms with Gasteiger partial charge in [-0.1, -0.05) is 0 Å². The molecule has 0 fully saturated rings. The zero-order valence-corrected chi connectivity index (χ0v) is 7.42. The van der Waals surface area contributed by atoms with Crippen LogP contribution in [0.1, 0.15) is 28.0 Å². The standard InChI is InChI=1S/C8H4F5NO2/c9-6(10)5-4(8(11,12)13)1-3(2-14-5)7(15)16/h1-2,6H,(H,15,16). The van der Waals surface area contributed by atoms with Gasteiger partial charge >= 0.3 is 12.1 Å². The third kappa shape index (κ3) is 2.44. The highest BCUT2D eigenvalue weighted by molar-refractivity contribution is 5.87. The zero-order valence-electron chi connectivity index (χ0n) is 7.42. The zero-order chi connectivity index (χ0) is 12.5. The molecule has 0 saturated heterocycles. The van der Waals surface area contributed by atoms with Gasteiger partial charge in [-0.15, -0.1) is 0 Å². The fourth-order valence-electron chi connectivity index (χ4n) is 0.993. The van der Waals surface area contributed by atoms with E-state index < -0.39 is 35.4 Å². The van der Waals surface area contributed by atoms with Crippen molar-refractivity contribution in [3.8, 4) is 0 Å². The Morgan fingerprint density at radius 2 is 1.94 bits per heavy atom. The number of hydrogen-bond donors (Lipinski definition) is 1. The fraction of sp³-hybridized carbons (Fsp3) is 0.250. The average molecular weight is 241 g/mol. The van der Waals surface area contributed by atoms with Crippen LogP contribution in [0.25, 0.3) is 0 Å². The number of carboxylic acids is 1. The van der Waals surface area contributed by atoms with Crippen molar-refractivity contribution < 1.29 is 31.9 Å². The SMILES string of the molecule is O=C(O)c1cnc(C(F)F)c(C(F)(F)F)c1. The number of carboxylic acid groups (broad SMARTS) is 1. The van der Waals surface area contributed by atoms with Crippen LogP contribution >= 0.6 is 0 Å². The van der Waals surface area contributed by atoms with E-state index >= 15 is 0 Å². The van der Waals surface area contributed by atoms with Gasteiger partial charge < -0.3 is 5.11 Å². The minimum atomic E-state index is -5.07. The summed E-state index contributed by atoms with van der Waals surface area (Å²) >= 11 is 0. The van der Waals surface area contributed by atoms with Gasteiger partial charge in [0, 0.05) is 6.20 Å². The van der Waals surface area contributed by atoms with Gasteiger partial charge in [0.1, 0.15) is 5.69 Å². The maximum Gasteiger partial charge on any atom is 0.418 e. The van der Waals surface area contributed by atoms with E-state index in [2.05, 4.69) is 4.98 Å². The lowest BCUT2D eigenvalue weighted by molar-refractivity contribution is -0.139. The van der Waals surface area contributed by atoms with Gasteiger partial charge in [0.25, 0.3) is 6.43 Å². The Balaban J connectivity index is 3.39. The molecule has 1 heterocycles. The second kappa shape index (κ2) is 4.03. The van der Waals surface area contributed by atoms with E-state index in [1.165, 1.54) is 0 Å². The van der Waals surface area contributed by atoms with Crippen LogP contribution in [-0.2, 0) is 6.18 Å². The molecule has 0 aromatic carbocycles. The van der Waals surface area contributed by atoms with Crippen LogP contribution < -0.4 is 0 Å². The van der Waals surface area contributed by atoms with Crippen LogP contribution in [0.5, 0.6) is 0 Å². The number of pyridine rings is 1. The quantitative estimate of drug-likeness (QED) is 0.810. The number of alkyl halides is 5. The monoisotopic (exact) mass is 241 g/mol. The van der Waals surface area contributed by atoms with Gasteiger partial charge in [0.2, 0.25) is 0 Å². The second-order valence-corrected chi connectivity index (χ2v) is 2.76. The number of nitrogens with zero attached hydrogens (tertiary/aromatic N) is 1. The van der Waals surface area contributed by atoms with Crippen molar-refractivity contribution in [3.63, 3.8) is 0 Å². The Labute approximate surface area is 85.5 Å². The smallest absolute Gasteiger partial charge is 0.418 e. The number of halogens is 5. The van der Waals surface area contributed by atoms with Crippen molar-refractivity contribution in [2.75, 3.05) is 0 Å². The molecule has 0 aliphatic rings. The molecule has 1 aromatic rings. The molecular weight excluding hydrogens is 237 g/mol. The molecular formula is C8H4F5NO2. The van der Waals surface area contributed by atoms with Crippen LogP contribution in [0, 0.1) is 0 Å². The van der Waals surface area contributed by atoms with Crippen molar-refractivity contribution in [1.29, 1.82) is 0 Å². The molecule has 0 unspecified atom stereocenters. The lowest BCUT2D eigenvalue weighted by Crippen LogP contribution is -2.13. The topological polar surface area (TPSA) is 50.2 Å². The first-order valence-corrected chi connectivity index (χ1v) is 3.82. The maximum atomic E-state index is 12.3. The fourth-order valence-corrected chi connectivity index (χ4v) is 0.993. The first-order chi connectivity index (χ1) is 7.23. The average Bonchev–Trinajstić information content (AvgIpc) is 2.15. The van der Waals surface area contributed by atoms with Gasteiger partial charge in [-0.05, 0) is 6.07 Å². The summed E-state index contributed by atoms with van der Waals surface area (Å²) in [5.74, 6) is -1.67. The molecule has 0 amide bonds. The van der Waals surface area contributed by atoms with Gasteiger partial charge in [0.05, 0.1) is 11.1 Å². The van der Waals surface area contributed by atoms with Crippen LogP contribution in [-0.4, -0.2) is 16.1 Å². The highest BCUT2D eigenvalue weighted by Gasteiger charge is 2.37. The van der Waals surface area contributed by atoms with Crippen LogP contribution in [0.3, 0.4) is 0 Å². The van der Waals surface area contributed by atoms with E-state index in [9.17, 15) is 26.7 Å². The lowest BCUT2D eigenvalue weighted by atomic mass is 10.1. The normalized spacial score (nSPS) is 11.9. The van der Waals surface area contributed by atoms with E-state index in [0.717, 1.165) is 0 Å². The molecule has 8 heteroatoms. The number of rotatable bonds is 2. The number of hydrogen-bond acceptors (Lipinski definition) is 2. The summed E-state index contributed by atoms with van der Waals surface area (Å²) in [6.45, 7) is 0. The summed E-state index contributed by atoms with van der Waals surface area (Å²) in [6.07, 6.45) is -8.03. The Kier molecular flexibility index (Phi) is 3.11. The minimum Gasteiger partial charge on any atom is -0.478 e. The highest BCUT2D eigenvalue weighted by Crippen LogP contribution is 2.35. The predicted molar refractivity (Wildman–Crippen MR) is 41.2 cm³/mol. The molecule has 3 nitrogen and oxygen atoms in total. The largest absolute Gasteiger partial charge is 0.478 e. The Morgan fingerprint density at radius 3 is 2.31 bits per heavy atom. The van der Waals surface area contributed by atoms with Crippen LogP contribution in [0.2, 0.25) is 0 Å². The number of aromatic nitrogens is 1. The molecule has 0 saturated carbocycles. The summed E-state index contributed by atoms with van der Waals surface area (Å²) in [6, 6.07) is 0.136. The second-order valence-electron chi connectivity index (χ2n) is 2.76. The van der Waals surface area contributed by atoms with Gasteiger partial charge in [-0.3, -0.25) is 4.98 Å². The molecule has 0 spiro atoms. The van der Waals surface area contributed by atoms with Crippen molar-refractivity contribution in [1.82, 2.24) is 4.98 Å². The highest BCUT2D eigenvalue weighted by atomic mass is 19.4. The molecule has 0 atom stereocenters. The number of aromatic carboxylic acids is 1. The van der Waals surface area contributed by atoms with E-state index in [-0.39, 0.29) is 6.07 Å². The van der Waals surface area contributed by atoms with Gasteiger partial charge in [-0.2, -0.15) is 13.2 Å². The summed E-state index contributed by atoms with van der Waals surface area (Å²) < 4.78 is 61.2. The van der Waals surface area contributed by atoms with E-state index in [1.54, 1.807) is 0 Å². The lowest BCUT2D eigenvalue weighted by Gasteiger charge is -2.11. The molecule has 0 bridgehead atoms. The van der Waals surface area contributed by atoms with Crippen LogP contribution in [0.15, 0.2) is 12.3 Å². The van der Waals surface area contributed by atoms with E-state index in [0.29, 0.717) is 6.20 Å². The Morgan fingerprint density at radius 1 is 1.38 bits per heavy atom. The predicted octanol–water partition coefficient (Wildman–Crippen LogP) is 2.74. The summed E-state index contributed by atoms with van der Waals surface area (Å²) in [5, 5.41) is 8.41. The molecule has 0 radical (unpaired) electrons. The Hall–Kier alpha value is -1.73. The first kappa shape index (κ1) is 12.3. The molecule has 1 rings (SSSR count). The maximum absolute atomic E-state index is 12.3. The number of carbonyl (C=O) groups is 1. The summed E-state index contributed by atoms with van der Waals surface area (Å²) in [4.78, 5) is 13.2. The minimum absolute atomic E-state index is 0.136. The van der Waals surface area contributed by atoms with E-state index in [1.807, 2.05) is 0 Å². The molecule has 0 aliphatic carbocycles. The summed E-state index contributed by atoms with van der Waals surface area (Å²) in [7, 11) is 0. The molecule has 1 aromatic heterocycles. The van der Waals surface area contributed by atoms with Gasteiger partial charge in [0.15, 0.2) is 0 Å². The first-order valence-electron chi connectivity index (χ1n) is 3.82. The third-order valence-electron chi connectivity index (χ3n) is 1.68. The van der Waals surface area contributed by atoms with Crippen molar-refractivity contribution in [3.05, 3.63) is 29.1 Å². The van der Waals surface area contributed by atoms with Crippen molar-refractivity contribution >= 4 is 5.97 Å². The molecule has 1 N–H and O–H groups in total.